The molecule has 2 heterocycles. The van der Waals surface area contributed by atoms with Gasteiger partial charge in [0.1, 0.15) is 4.88 Å². The minimum absolute atomic E-state index is 0.196. The Morgan fingerprint density at radius 1 is 1.36 bits per heavy atom. The first-order valence-corrected chi connectivity index (χ1v) is 9.88. The first-order valence-electron chi connectivity index (χ1n) is 9.06. The first kappa shape index (κ1) is 19.4. The fraction of sp³-hybridized carbons (Fsp3) is 0.500. The van der Waals surface area contributed by atoms with Gasteiger partial charge < -0.3 is 10.0 Å². The second-order valence-corrected chi connectivity index (χ2v) is 7.49. The summed E-state index contributed by atoms with van der Waals surface area (Å²) in [5, 5.41) is 8.96. The number of amides is 1. The van der Waals surface area contributed by atoms with Crippen molar-refractivity contribution in [2.75, 3.05) is 6.54 Å². The van der Waals surface area contributed by atoms with Crippen molar-refractivity contribution in [2.45, 2.75) is 57.9 Å². The van der Waals surface area contributed by atoms with Gasteiger partial charge in [0.15, 0.2) is 0 Å². The maximum atomic E-state index is 12.1. The monoisotopic (exact) mass is 361 g/mol. The summed E-state index contributed by atoms with van der Waals surface area (Å²) >= 11 is 1.32. The van der Waals surface area contributed by atoms with Crippen molar-refractivity contribution in [2.24, 2.45) is 0 Å². The molecule has 136 valence electrons. The number of unbranched alkanes of at least 4 members (excludes halogenated alkanes) is 2. The maximum Gasteiger partial charge on any atom is 0.345 e. The first-order chi connectivity index (χ1) is 12.1. The third-order valence-corrected chi connectivity index (χ3v) is 5.51. The lowest BCUT2D eigenvalue weighted by molar-refractivity contribution is -0.128. The number of allylic oxidation sites excluding steroid dienone is 3. The Balaban J connectivity index is 1.79. The molecule has 1 unspecified atom stereocenters. The van der Waals surface area contributed by atoms with Crippen LogP contribution in [0.1, 0.15) is 60.0 Å². The number of carbonyl (C=O) groups is 2. The van der Waals surface area contributed by atoms with E-state index in [1.165, 1.54) is 24.2 Å². The number of carboxylic acid groups (broad SMARTS) is 1. The summed E-state index contributed by atoms with van der Waals surface area (Å²) < 4.78 is 0. The SMILES string of the molecule is CCCCC=CC=CC1CCC(=O)N1CCCc1ccc(C(=O)O)s1. The largest absolute Gasteiger partial charge is 0.477 e. The highest BCUT2D eigenvalue weighted by molar-refractivity contribution is 7.13. The number of aromatic carboxylic acids is 1. The Morgan fingerprint density at radius 3 is 2.92 bits per heavy atom. The normalized spacial score (nSPS) is 18.0. The highest BCUT2D eigenvalue weighted by atomic mass is 32.1. The van der Waals surface area contributed by atoms with E-state index in [1.54, 1.807) is 6.07 Å². The summed E-state index contributed by atoms with van der Waals surface area (Å²) in [6, 6.07) is 3.72. The third-order valence-electron chi connectivity index (χ3n) is 4.37. The molecule has 1 amide bonds. The quantitative estimate of drug-likeness (QED) is 0.486. The van der Waals surface area contributed by atoms with E-state index in [9.17, 15) is 9.59 Å². The number of likely N-dealkylation sites (tertiary alicyclic amines) is 1. The molecule has 1 fully saturated rings. The molecular weight excluding hydrogens is 334 g/mol. The van der Waals surface area contributed by atoms with Gasteiger partial charge in [0.25, 0.3) is 0 Å². The van der Waals surface area contributed by atoms with Crippen LogP contribution in [0, 0.1) is 0 Å². The summed E-state index contributed by atoms with van der Waals surface area (Å²) in [5.74, 6) is -0.648. The minimum Gasteiger partial charge on any atom is -0.477 e. The average Bonchev–Trinajstić information content (AvgIpc) is 3.19. The van der Waals surface area contributed by atoms with E-state index in [1.807, 2.05) is 11.0 Å². The minimum atomic E-state index is -0.872. The van der Waals surface area contributed by atoms with Crippen LogP contribution in [0.4, 0.5) is 0 Å². The van der Waals surface area contributed by atoms with Crippen molar-refractivity contribution in [3.05, 3.63) is 46.2 Å². The van der Waals surface area contributed by atoms with E-state index < -0.39 is 5.97 Å². The Hall–Kier alpha value is -1.88. The highest BCUT2D eigenvalue weighted by Gasteiger charge is 2.28. The molecule has 1 aromatic rings. The van der Waals surface area contributed by atoms with Crippen LogP contribution in [-0.4, -0.2) is 34.5 Å². The summed E-state index contributed by atoms with van der Waals surface area (Å²) in [5.41, 5.74) is 0. The van der Waals surface area contributed by atoms with Gasteiger partial charge in [-0.15, -0.1) is 11.3 Å². The number of thiophene rings is 1. The maximum absolute atomic E-state index is 12.1. The van der Waals surface area contributed by atoms with E-state index in [-0.39, 0.29) is 11.9 Å². The number of carboxylic acids is 1. The molecule has 1 N–H and O–H groups in total. The molecule has 2 rings (SSSR count). The molecule has 0 saturated carbocycles. The Morgan fingerprint density at radius 2 is 2.20 bits per heavy atom. The second-order valence-electron chi connectivity index (χ2n) is 6.32. The summed E-state index contributed by atoms with van der Waals surface area (Å²) in [6.07, 6.45) is 15.2. The van der Waals surface area contributed by atoms with E-state index in [2.05, 4.69) is 31.2 Å². The molecule has 4 nitrogen and oxygen atoms in total. The number of aryl methyl sites for hydroxylation is 1. The smallest absolute Gasteiger partial charge is 0.345 e. The van der Waals surface area contributed by atoms with E-state index in [0.717, 1.165) is 37.1 Å². The van der Waals surface area contributed by atoms with Gasteiger partial charge in [-0.1, -0.05) is 44.1 Å². The standard InChI is InChI=1S/C20H27NO3S/c1-2-3-4-5-6-7-9-16-11-14-19(22)21(16)15-8-10-17-12-13-18(25-17)20(23)24/h5-7,9,12-13,16H,2-4,8,10-11,14-15H2,1H3,(H,23,24). The van der Waals surface area contributed by atoms with Crippen molar-refractivity contribution < 1.29 is 14.7 Å². The van der Waals surface area contributed by atoms with Gasteiger partial charge in [-0.25, -0.2) is 4.79 Å². The van der Waals surface area contributed by atoms with Gasteiger partial charge in [-0.3, -0.25) is 4.79 Å². The van der Waals surface area contributed by atoms with Crippen LogP contribution >= 0.6 is 11.3 Å². The fourth-order valence-corrected chi connectivity index (χ4v) is 3.87. The molecule has 0 aliphatic carbocycles. The van der Waals surface area contributed by atoms with Crippen LogP contribution in [0.2, 0.25) is 0 Å². The van der Waals surface area contributed by atoms with E-state index in [0.29, 0.717) is 11.3 Å². The Labute approximate surface area is 153 Å². The fourth-order valence-electron chi connectivity index (χ4n) is 2.99. The molecule has 1 saturated heterocycles. The molecule has 5 heteroatoms. The topological polar surface area (TPSA) is 57.6 Å². The predicted octanol–water partition coefficient (Wildman–Crippen LogP) is 4.67. The van der Waals surface area contributed by atoms with Crippen molar-refractivity contribution >= 4 is 23.2 Å². The average molecular weight is 362 g/mol. The molecule has 1 atom stereocenters. The number of carbonyl (C=O) groups excluding carboxylic acids is 1. The summed E-state index contributed by atoms with van der Waals surface area (Å²) in [7, 11) is 0. The summed E-state index contributed by atoms with van der Waals surface area (Å²) in [4.78, 5) is 26.4. The molecule has 1 aliphatic heterocycles. The molecule has 1 aromatic heterocycles. The highest BCUT2D eigenvalue weighted by Crippen LogP contribution is 2.22. The van der Waals surface area contributed by atoms with Crippen LogP contribution in [-0.2, 0) is 11.2 Å². The second kappa shape index (κ2) is 10.2. The van der Waals surface area contributed by atoms with Crippen molar-refractivity contribution in [1.82, 2.24) is 4.90 Å². The number of hydrogen-bond acceptors (Lipinski definition) is 3. The van der Waals surface area contributed by atoms with Crippen LogP contribution in [0.5, 0.6) is 0 Å². The van der Waals surface area contributed by atoms with Gasteiger partial charge in [0, 0.05) is 17.8 Å². The van der Waals surface area contributed by atoms with Crippen LogP contribution in [0.3, 0.4) is 0 Å². The lowest BCUT2D eigenvalue weighted by atomic mass is 10.2. The van der Waals surface area contributed by atoms with Gasteiger partial charge in [-0.05, 0) is 37.8 Å². The van der Waals surface area contributed by atoms with Crippen molar-refractivity contribution in [3.63, 3.8) is 0 Å². The molecule has 0 spiro atoms. The molecule has 25 heavy (non-hydrogen) atoms. The third kappa shape index (κ3) is 6.16. The zero-order valence-corrected chi connectivity index (χ0v) is 15.6. The van der Waals surface area contributed by atoms with Crippen LogP contribution in [0.15, 0.2) is 36.4 Å². The molecule has 0 aromatic carbocycles. The molecular formula is C20H27NO3S. The zero-order chi connectivity index (χ0) is 18.1. The zero-order valence-electron chi connectivity index (χ0n) is 14.8. The van der Waals surface area contributed by atoms with Crippen LogP contribution in [0.25, 0.3) is 0 Å². The van der Waals surface area contributed by atoms with Gasteiger partial charge in [0.05, 0.1) is 6.04 Å². The van der Waals surface area contributed by atoms with Gasteiger partial charge in [0.2, 0.25) is 5.91 Å². The Bertz CT molecular complexity index is 633. The van der Waals surface area contributed by atoms with Crippen molar-refractivity contribution in [3.8, 4) is 0 Å². The predicted molar refractivity (Wildman–Crippen MR) is 102 cm³/mol. The van der Waals surface area contributed by atoms with E-state index >= 15 is 0 Å². The van der Waals surface area contributed by atoms with E-state index in [4.69, 9.17) is 5.11 Å². The molecule has 0 bridgehead atoms. The summed E-state index contributed by atoms with van der Waals surface area (Å²) in [6.45, 7) is 2.91. The molecule has 1 aliphatic rings. The lowest BCUT2D eigenvalue weighted by Gasteiger charge is -2.22. The lowest BCUT2D eigenvalue weighted by Crippen LogP contribution is -2.32. The number of nitrogens with zero attached hydrogens (tertiary/aromatic N) is 1. The van der Waals surface area contributed by atoms with Crippen molar-refractivity contribution in [1.29, 1.82) is 0 Å². The number of rotatable bonds is 10. The number of hydrogen-bond donors (Lipinski definition) is 1. The molecule has 0 radical (unpaired) electrons. The Kier molecular flexibility index (Phi) is 7.92. The van der Waals surface area contributed by atoms with Gasteiger partial charge >= 0.3 is 5.97 Å². The van der Waals surface area contributed by atoms with Crippen LogP contribution < -0.4 is 0 Å². The van der Waals surface area contributed by atoms with Gasteiger partial charge in [-0.2, -0.15) is 0 Å².